The van der Waals surface area contributed by atoms with Crippen LogP contribution in [0.3, 0.4) is 0 Å². The third-order valence-electron chi connectivity index (χ3n) is 10.9. The Hall–Kier alpha value is -6.94. The summed E-state index contributed by atoms with van der Waals surface area (Å²) in [5.74, 6) is 0. The predicted molar refractivity (Wildman–Crippen MR) is 235 cm³/mol. The quantitative estimate of drug-likeness (QED) is 0.170. The van der Waals surface area contributed by atoms with Crippen LogP contribution in [0.15, 0.2) is 205 Å². The van der Waals surface area contributed by atoms with Crippen LogP contribution in [0.4, 0.5) is 17.1 Å². The fourth-order valence-corrected chi connectivity index (χ4v) is 9.38. The number of fused-ring (bicyclic) bond motifs is 7. The van der Waals surface area contributed by atoms with Gasteiger partial charge in [0.25, 0.3) is 0 Å². The van der Waals surface area contributed by atoms with Crippen molar-refractivity contribution in [1.29, 1.82) is 0 Å². The summed E-state index contributed by atoms with van der Waals surface area (Å²) in [6.45, 7) is 0. The number of hydrogen-bond acceptors (Lipinski definition) is 3. The number of rotatable bonds is 6. The van der Waals surface area contributed by atoms with Crippen molar-refractivity contribution < 1.29 is 4.42 Å². The minimum absolute atomic E-state index is 0.897. The summed E-state index contributed by atoms with van der Waals surface area (Å²) < 4.78 is 8.92. The number of furan rings is 1. The highest BCUT2D eigenvalue weighted by Gasteiger charge is 2.18. The molecule has 2 aromatic heterocycles. The molecular formula is C52H33NOS. The highest BCUT2D eigenvalue weighted by atomic mass is 32.1. The van der Waals surface area contributed by atoms with Crippen molar-refractivity contribution in [2.45, 2.75) is 0 Å². The van der Waals surface area contributed by atoms with Gasteiger partial charge in [0, 0.05) is 48.0 Å². The number of para-hydroxylation sites is 1. The molecule has 2 heterocycles. The zero-order chi connectivity index (χ0) is 36.3. The first kappa shape index (κ1) is 31.6. The van der Waals surface area contributed by atoms with Crippen molar-refractivity contribution in [3.05, 3.63) is 200 Å². The lowest BCUT2D eigenvalue weighted by Gasteiger charge is -2.26. The summed E-state index contributed by atoms with van der Waals surface area (Å²) in [7, 11) is 0. The molecule has 0 aliphatic rings. The van der Waals surface area contributed by atoms with Crippen molar-refractivity contribution in [3.63, 3.8) is 0 Å². The molecule has 0 aliphatic carbocycles. The van der Waals surface area contributed by atoms with Crippen LogP contribution in [0.25, 0.3) is 86.3 Å². The molecule has 0 fully saturated rings. The Kier molecular flexibility index (Phi) is 7.39. The molecule has 11 aromatic rings. The topological polar surface area (TPSA) is 16.4 Å². The van der Waals surface area contributed by atoms with E-state index in [0.29, 0.717) is 0 Å². The number of nitrogens with zero attached hydrogens (tertiary/aromatic N) is 1. The summed E-state index contributed by atoms with van der Waals surface area (Å²) >= 11 is 1.86. The van der Waals surface area contributed by atoms with Gasteiger partial charge in [-0.05, 0) is 111 Å². The third-order valence-corrected chi connectivity index (χ3v) is 12.0. The largest absolute Gasteiger partial charge is 0.456 e. The molecule has 0 aliphatic heterocycles. The molecular weight excluding hydrogens is 687 g/mol. The molecule has 0 saturated carbocycles. The average molecular weight is 720 g/mol. The van der Waals surface area contributed by atoms with Gasteiger partial charge in [-0.1, -0.05) is 133 Å². The summed E-state index contributed by atoms with van der Waals surface area (Å²) in [5, 5.41) is 7.40. The molecule has 2 nitrogen and oxygen atoms in total. The van der Waals surface area contributed by atoms with Crippen molar-refractivity contribution >= 4 is 81.3 Å². The number of benzene rings is 9. The van der Waals surface area contributed by atoms with E-state index in [1.165, 1.54) is 53.2 Å². The lowest BCUT2D eigenvalue weighted by molar-refractivity contribution is 0.669. The molecule has 0 saturated heterocycles. The Labute approximate surface area is 322 Å². The van der Waals surface area contributed by atoms with E-state index in [1.807, 2.05) is 23.5 Å². The molecule has 55 heavy (non-hydrogen) atoms. The van der Waals surface area contributed by atoms with Crippen molar-refractivity contribution in [3.8, 4) is 33.4 Å². The van der Waals surface area contributed by atoms with Gasteiger partial charge in [0.15, 0.2) is 0 Å². The van der Waals surface area contributed by atoms with Gasteiger partial charge in [0.2, 0.25) is 0 Å². The first-order chi connectivity index (χ1) is 27.2. The standard InChI is InChI=1S/C52H33NOS/c1-2-11-37-32-38(23-22-34(37)10-1)35-24-28-40(29-25-35)53(41-30-26-36(27-31-41)43-17-9-21-50-52(43)46-15-4-6-20-49(46)55-50)42-13-7-12-39(33-42)44-16-8-19-48-51(44)45-14-3-5-18-47(45)54-48/h1-33H. The Balaban J connectivity index is 1.04. The van der Waals surface area contributed by atoms with Crippen LogP contribution in [0, 0.1) is 0 Å². The molecule has 11 rings (SSSR count). The van der Waals surface area contributed by atoms with Crippen molar-refractivity contribution in [2.24, 2.45) is 0 Å². The highest BCUT2D eigenvalue weighted by molar-refractivity contribution is 7.25. The predicted octanol–water partition coefficient (Wildman–Crippen LogP) is 15.6. The van der Waals surface area contributed by atoms with E-state index < -0.39 is 0 Å². The average Bonchev–Trinajstić information content (AvgIpc) is 3.83. The van der Waals surface area contributed by atoms with Crippen LogP contribution in [0.2, 0.25) is 0 Å². The van der Waals surface area contributed by atoms with E-state index in [2.05, 4.69) is 193 Å². The Bertz CT molecular complexity index is 3210. The van der Waals surface area contributed by atoms with E-state index >= 15 is 0 Å². The van der Waals surface area contributed by atoms with Gasteiger partial charge < -0.3 is 9.32 Å². The maximum atomic E-state index is 6.29. The van der Waals surface area contributed by atoms with Gasteiger partial charge in [-0.25, -0.2) is 0 Å². The molecule has 0 bridgehead atoms. The number of anilines is 3. The zero-order valence-electron chi connectivity index (χ0n) is 29.8. The molecule has 0 spiro atoms. The van der Waals surface area contributed by atoms with Crippen LogP contribution in [0.1, 0.15) is 0 Å². The lowest BCUT2D eigenvalue weighted by Crippen LogP contribution is -2.10. The smallest absolute Gasteiger partial charge is 0.136 e. The van der Waals surface area contributed by atoms with E-state index in [9.17, 15) is 0 Å². The SMILES string of the molecule is c1cc(-c2cccc3oc4ccccc4c23)cc(N(c2ccc(-c3ccc4ccccc4c3)cc2)c2ccc(-c3cccc4sc5ccccc5c34)cc2)c1. The second-order valence-electron chi connectivity index (χ2n) is 14.1. The Morgan fingerprint density at radius 2 is 0.964 bits per heavy atom. The van der Waals surface area contributed by atoms with E-state index in [0.717, 1.165) is 50.1 Å². The van der Waals surface area contributed by atoms with E-state index in [1.54, 1.807) is 0 Å². The van der Waals surface area contributed by atoms with Crippen LogP contribution >= 0.6 is 11.3 Å². The maximum Gasteiger partial charge on any atom is 0.136 e. The van der Waals surface area contributed by atoms with E-state index in [-0.39, 0.29) is 0 Å². The molecule has 3 heteroatoms. The number of thiophene rings is 1. The second-order valence-corrected chi connectivity index (χ2v) is 15.2. The fourth-order valence-electron chi connectivity index (χ4n) is 8.25. The van der Waals surface area contributed by atoms with Gasteiger partial charge >= 0.3 is 0 Å². The third kappa shape index (κ3) is 5.40. The van der Waals surface area contributed by atoms with E-state index in [4.69, 9.17) is 4.42 Å². The Morgan fingerprint density at radius 3 is 1.80 bits per heavy atom. The Morgan fingerprint density at radius 1 is 0.345 bits per heavy atom. The van der Waals surface area contributed by atoms with Crippen LogP contribution in [-0.2, 0) is 0 Å². The minimum Gasteiger partial charge on any atom is -0.456 e. The number of hydrogen-bond donors (Lipinski definition) is 0. The fraction of sp³-hybridized carbons (Fsp3) is 0. The molecule has 9 aromatic carbocycles. The van der Waals surface area contributed by atoms with Gasteiger partial charge in [-0.3, -0.25) is 0 Å². The van der Waals surface area contributed by atoms with Crippen LogP contribution in [0.5, 0.6) is 0 Å². The molecule has 0 unspecified atom stereocenters. The molecule has 0 radical (unpaired) electrons. The highest BCUT2D eigenvalue weighted by Crippen LogP contribution is 2.43. The normalized spacial score (nSPS) is 11.6. The van der Waals surface area contributed by atoms with Crippen LogP contribution in [-0.4, -0.2) is 0 Å². The summed E-state index contributed by atoms with van der Waals surface area (Å²) in [6, 6.07) is 72.2. The van der Waals surface area contributed by atoms with Gasteiger partial charge in [0.05, 0.1) is 0 Å². The molecule has 0 atom stereocenters. The van der Waals surface area contributed by atoms with Gasteiger partial charge in [0.1, 0.15) is 11.2 Å². The summed E-state index contributed by atoms with van der Waals surface area (Å²) in [5.41, 5.74) is 12.2. The minimum atomic E-state index is 0.897. The maximum absolute atomic E-state index is 6.29. The first-order valence-corrected chi connectivity index (χ1v) is 19.5. The zero-order valence-corrected chi connectivity index (χ0v) is 30.6. The summed E-state index contributed by atoms with van der Waals surface area (Å²) in [6.07, 6.45) is 0. The van der Waals surface area contributed by atoms with Crippen molar-refractivity contribution in [2.75, 3.05) is 4.90 Å². The van der Waals surface area contributed by atoms with Gasteiger partial charge in [-0.15, -0.1) is 11.3 Å². The van der Waals surface area contributed by atoms with Gasteiger partial charge in [-0.2, -0.15) is 0 Å². The first-order valence-electron chi connectivity index (χ1n) is 18.7. The summed E-state index contributed by atoms with van der Waals surface area (Å²) in [4.78, 5) is 2.37. The monoisotopic (exact) mass is 719 g/mol. The van der Waals surface area contributed by atoms with Crippen molar-refractivity contribution in [1.82, 2.24) is 0 Å². The second kappa shape index (κ2) is 12.9. The van der Waals surface area contributed by atoms with Crippen LogP contribution < -0.4 is 4.90 Å². The molecule has 0 amide bonds. The molecule has 258 valence electrons. The lowest BCUT2D eigenvalue weighted by atomic mass is 9.98. The molecule has 0 N–H and O–H groups in total.